The third-order valence-corrected chi connectivity index (χ3v) is 4.16. The van der Waals surface area contributed by atoms with Gasteiger partial charge in [0.1, 0.15) is 0 Å². The summed E-state index contributed by atoms with van der Waals surface area (Å²) in [5.74, 6) is -2.13. The number of carbonyl (C=O) groups excluding carboxylic acids is 3. The van der Waals surface area contributed by atoms with Crippen molar-refractivity contribution >= 4 is 17.9 Å². The molecule has 2 heterocycles. The standard InChI is InChI=1S/C18H20O9/c1-9(19)23-12-13(26-16(20)11-7-5-4-6-8-11)15-18(25-10(2)24-15)27-14(12)17(21)22-3/h4-8,10,12-15,18H,1-3H3/t10-,12-,13-,14+,15+,18-/m0/s1. The monoisotopic (exact) mass is 380 g/mol. The van der Waals surface area contributed by atoms with Crippen LogP contribution in [0.15, 0.2) is 30.3 Å². The molecule has 0 saturated carbocycles. The molecule has 27 heavy (non-hydrogen) atoms. The minimum atomic E-state index is -1.33. The summed E-state index contributed by atoms with van der Waals surface area (Å²) >= 11 is 0. The number of rotatable bonds is 4. The molecule has 1 aromatic carbocycles. The lowest BCUT2D eigenvalue weighted by Gasteiger charge is -2.40. The van der Waals surface area contributed by atoms with Gasteiger partial charge in [-0.15, -0.1) is 0 Å². The van der Waals surface area contributed by atoms with Crippen molar-refractivity contribution < 1.29 is 42.8 Å². The van der Waals surface area contributed by atoms with E-state index in [0.29, 0.717) is 5.56 Å². The minimum Gasteiger partial charge on any atom is -0.467 e. The van der Waals surface area contributed by atoms with Gasteiger partial charge in [-0.3, -0.25) is 4.79 Å². The van der Waals surface area contributed by atoms with Gasteiger partial charge in [0.15, 0.2) is 37.0 Å². The van der Waals surface area contributed by atoms with Gasteiger partial charge in [-0.2, -0.15) is 0 Å². The Kier molecular flexibility index (Phi) is 5.73. The molecule has 3 rings (SSSR count). The van der Waals surface area contributed by atoms with E-state index >= 15 is 0 Å². The highest BCUT2D eigenvalue weighted by Gasteiger charge is 2.57. The van der Waals surface area contributed by atoms with Crippen molar-refractivity contribution in [3.8, 4) is 0 Å². The molecule has 0 amide bonds. The van der Waals surface area contributed by atoms with Crippen molar-refractivity contribution in [1.29, 1.82) is 0 Å². The lowest BCUT2D eigenvalue weighted by Crippen LogP contribution is -2.61. The summed E-state index contributed by atoms with van der Waals surface area (Å²) in [6.45, 7) is 2.80. The second-order valence-corrected chi connectivity index (χ2v) is 6.06. The molecule has 0 N–H and O–H groups in total. The van der Waals surface area contributed by atoms with Crippen LogP contribution in [0.5, 0.6) is 0 Å². The first-order valence-corrected chi connectivity index (χ1v) is 8.38. The maximum absolute atomic E-state index is 12.5. The molecule has 9 heteroatoms. The average Bonchev–Trinajstić information content (AvgIpc) is 3.03. The zero-order valence-corrected chi connectivity index (χ0v) is 15.0. The van der Waals surface area contributed by atoms with Gasteiger partial charge < -0.3 is 28.4 Å². The topological polar surface area (TPSA) is 107 Å². The Labute approximate surface area is 155 Å². The molecular weight excluding hydrogens is 360 g/mol. The van der Waals surface area contributed by atoms with E-state index in [0.717, 1.165) is 0 Å². The molecule has 0 bridgehead atoms. The number of benzene rings is 1. The van der Waals surface area contributed by atoms with Crippen molar-refractivity contribution in [2.24, 2.45) is 0 Å². The SMILES string of the molecule is COC(=O)[C@@H]1O[C@@H]2O[C@@H](C)O[C@@H]2[C@@H](OC(=O)c2ccccc2)[C@@H]1OC(C)=O. The summed E-state index contributed by atoms with van der Waals surface area (Å²) in [7, 11) is 1.17. The Morgan fingerprint density at radius 3 is 2.30 bits per heavy atom. The molecule has 0 radical (unpaired) electrons. The Balaban J connectivity index is 1.91. The van der Waals surface area contributed by atoms with E-state index in [1.54, 1.807) is 37.3 Å². The van der Waals surface area contributed by atoms with Crippen LogP contribution in [-0.2, 0) is 38.0 Å². The van der Waals surface area contributed by atoms with Crippen LogP contribution < -0.4 is 0 Å². The fourth-order valence-electron chi connectivity index (χ4n) is 3.03. The fraction of sp³-hybridized carbons (Fsp3) is 0.500. The highest BCUT2D eigenvalue weighted by molar-refractivity contribution is 5.89. The molecule has 1 aromatic rings. The normalized spacial score (nSPS) is 32.3. The molecule has 0 spiro atoms. The van der Waals surface area contributed by atoms with Crippen LogP contribution in [0, 0.1) is 0 Å². The number of methoxy groups -OCH3 is 1. The number of ether oxygens (including phenoxy) is 6. The largest absolute Gasteiger partial charge is 0.467 e. The molecule has 2 aliphatic rings. The summed E-state index contributed by atoms with van der Waals surface area (Å²) in [5.41, 5.74) is 0.295. The van der Waals surface area contributed by atoms with Crippen LogP contribution in [0.2, 0.25) is 0 Å². The summed E-state index contributed by atoms with van der Waals surface area (Å²) in [6.07, 6.45) is -6.23. The molecule has 146 valence electrons. The summed E-state index contributed by atoms with van der Waals surface area (Å²) < 4.78 is 32.2. The van der Waals surface area contributed by atoms with Crippen LogP contribution in [0.3, 0.4) is 0 Å². The molecule has 2 saturated heterocycles. The third-order valence-electron chi connectivity index (χ3n) is 4.16. The van der Waals surface area contributed by atoms with E-state index < -0.39 is 54.9 Å². The van der Waals surface area contributed by atoms with E-state index in [-0.39, 0.29) is 0 Å². The van der Waals surface area contributed by atoms with Gasteiger partial charge in [-0.1, -0.05) is 18.2 Å². The molecule has 0 aromatic heterocycles. The van der Waals surface area contributed by atoms with Crippen LogP contribution in [0.25, 0.3) is 0 Å². The maximum Gasteiger partial charge on any atom is 0.339 e. The second-order valence-electron chi connectivity index (χ2n) is 6.06. The lowest BCUT2D eigenvalue weighted by atomic mass is 9.98. The van der Waals surface area contributed by atoms with E-state index in [1.807, 2.05) is 0 Å². The van der Waals surface area contributed by atoms with Gasteiger partial charge in [0.25, 0.3) is 0 Å². The van der Waals surface area contributed by atoms with E-state index in [2.05, 4.69) is 0 Å². The van der Waals surface area contributed by atoms with Gasteiger partial charge in [0, 0.05) is 6.92 Å². The third kappa shape index (κ3) is 4.10. The van der Waals surface area contributed by atoms with Gasteiger partial charge in [-0.25, -0.2) is 9.59 Å². The Morgan fingerprint density at radius 2 is 1.67 bits per heavy atom. The number of hydrogen-bond donors (Lipinski definition) is 0. The van der Waals surface area contributed by atoms with Gasteiger partial charge in [0.2, 0.25) is 0 Å². The van der Waals surface area contributed by atoms with Crippen LogP contribution in [-0.4, -0.2) is 62.0 Å². The minimum absolute atomic E-state index is 0.295. The van der Waals surface area contributed by atoms with Crippen molar-refractivity contribution in [3.63, 3.8) is 0 Å². The second kappa shape index (κ2) is 8.03. The zero-order valence-electron chi connectivity index (χ0n) is 15.0. The summed E-state index contributed by atoms with van der Waals surface area (Å²) in [4.78, 5) is 36.3. The van der Waals surface area contributed by atoms with Crippen molar-refractivity contribution in [2.45, 2.75) is 50.8 Å². The number of hydrogen-bond acceptors (Lipinski definition) is 9. The molecule has 2 aliphatic heterocycles. The first-order valence-electron chi connectivity index (χ1n) is 8.38. The first kappa shape index (κ1) is 19.3. The van der Waals surface area contributed by atoms with Gasteiger partial charge in [0.05, 0.1) is 12.7 Å². The van der Waals surface area contributed by atoms with Crippen molar-refractivity contribution in [2.75, 3.05) is 7.11 Å². The zero-order chi connectivity index (χ0) is 19.6. The van der Waals surface area contributed by atoms with Crippen LogP contribution >= 0.6 is 0 Å². The van der Waals surface area contributed by atoms with Gasteiger partial charge >= 0.3 is 17.9 Å². The smallest absolute Gasteiger partial charge is 0.339 e. The van der Waals surface area contributed by atoms with E-state index in [4.69, 9.17) is 28.4 Å². The number of fused-ring (bicyclic) bond motifs is 1. The van der Waals surface area contributed by atoms with Crippen molar-refractivity contribution in [1.82, 2.24) is 0 Å². The average molecular weight is 380 g/mol. The molecule has 9 nitrogen and oxygen atoms in total. The Hall–Kier alpha value is -2.49. The first-order chi connectivity index (χ1) is 12.9. The van der Waals surface area contributed by atoms with Crippen molar-refractivity contribution in [3.05, 3.63) is 35.9 Å². The summed E-state index contributed by atoms with van der Waals surface area (Å²) in [6, 6.07) is 8.27. The molecule has 0 aliphatic carbocycles. The quantitative estimate of drug-likeness (QED) is 0.554. The van der Waals surface area contributed by atoms with Crippen LogP contribution in [0.1, 0.15) is 24.2 Å². The predicted molar refractivity (Wildman–Crippen MR) is 87.3 cm³/mol. The molecule has 0 unspecified atom stereocenters. The molecular formula is C18H20O9. The van der Waals surface area contributed by atoms with Gasteiger partial charge in [-0.05, 0) is 19.1 Å². The Bertz CT molecular complexity index is 704. The van der Waals surface area contributed by atoms with Crippen LogP contribution in [0.4, 0.5) is 0 Å². The number of carbonyl (C=O) groups is 3. The fourth-order valence-corrected chi connectivity index (χ4v) is 3.03. The Morgan fingerprint density at radius 1 is 0.963 bits per heavy atom. The number of esters is 3. The highest BCUT2D eigenvalue weighted by atomic mass is 16.8. The molecule has 2 fully saturated rings. The van der Waals surface area contributed by atoms with E-state index in [9.17, 15) is 14.4 Å². The summed E-state index contributed by atoms with van der Waals surface area (Å²) in [5, 5.41) is 0. The highest BCUT2D eigenvalue weighted by Crippen LogP contribution is 2.35. The predicted octanol–water partition coefficient (Wildman–Crippen LogP) is 0.803. The van der Waals surface area contributed by atoms with E-state index in [1.165, 1.54) is 14.0 Å². The maximum atomic E-state index is 12.5. The molecule has 6 atom stereocenters. The lowest BCUT2D eigenvalue weighted by molar-refractivity contribution is -0.254.